The summed E-state index contributed by atoms with van der Waals surface area (Å²) in [6.07, 6.45) is 6.20. The highest BCUT2D eigenvalue weighted by molar-refractivity contribution is 5.71. The molecule has 4 rings (SSSR count). The minimum Gasteiger partial charge on any atom is -0.447 e. The van der Waals surface area contributed by atoms with Crippen molar-refractivity contribution in [1.82, 2.24) is 10.3 Å². The minimum atomic E-state index is -0.285. The van der Waals surface area contributed by atoms with Gasteiger partial charge >= 0.3 is 6.09 Å². The molecule has 2 aliphatic rings. The van der Waals surface area contributed by atoms with Crippen molar-refractivity contribution in [3.63, 3.8) is 0 Å². The molecule has 1 fully saturated rings. The van der Waals surface area contributed by atoms with E-state index >= 15 is 0 Å². The maximum Gasteiger partial charge on any atom is 0.407 e. The SMILES string of the molecule is Cc1cnccc1-c1ccc2c(c1)CCC1(COC(=O)N1)C2. The van der Waals surface area contributed by atoms with Gasteiger partial charge in [-0.25, -0.2) is 4.79 Å². The molecule has 0 radical (unpaired) electrons. The number of benzene rings is 1. The number of aryl methyl sites for hydroxylation is 2. The van der Waals surface area contributed by atoms with Crippen LogP contribution in [-0.4, -0.2) is 23.2 Å². The Hall–Kier alpha value is -2.36. The fourth-order valence-corrected chi connectivity index (χ4v) is 3.55. The summed E-state index contributed by atoms with van der Waals surface area (Å²) in [4.78, 5) is 15.5. The van der Waals surface area contributed by atoms with Gasteiger partial charge in [0.1, 0.15) is 6.61 Å². The Morgan fingerprint density at radius 1 is 1.27 bits per heavy atom. The quantitative estimate of drug-likeness (QED) is 0.879. The van der Waals surface area contributed by atoms with Crippen LogP contribution in [0.3, 0.4) is 0 Å². The molecule has 1 amide bonds. The molecule has 2 aromatic rings. The van der Waals surface area contributed by atoms with Crippen LogP contribution >= 0.6 is 0 Å². The number of nitrogens with zero attached hydrogens (tertiary/aromatic N) is 1. The van der Waals surface area contributed by atoms with Crippen LogP contribution in [0, 0.1) is 6.92 Å². The van der Waals surface area contributed by atoms with Crippen molar-refractivity contribution in [1.29, 1.82) is 0 Å². The summed E-state index contributed by atoms with van der Waals surface area (Å²) in [7, 11) is 0. The first-order valence-corrected chi connectivity index (χ1v) is 7.63. The number of ether oxygens (including phenoxy) is 1. The maximum absolute atomic E-state index is 11.4. The Bertz CT molecular complexity index is 757. The second kappa shape index (κ2) is 4.83. The lowest BCUT2D eigenvalue weighted by atomic mass is 9.78. The number of alkyl carbamates (subject to hydrolysis) is 1. The Morgan fingerprint density at radius 2 is 2.18 bits per heavy atom. The van der Waals surface area contributed by atoms with Gasteiger partial charge in [-0.15, -0.1) is 0 Å². The Labute approximate surface area is 129 Å². The third-order valence-electron chi connectivity index (χ3n) is 4.79. The minimum absolute atomic E-state index is 0.196. The van der Waals surface area contributed by atoms with Crippen molar-refractivity contribution >= 4 is 6.09 Å². The molecule has 4 nitrogen and oxygen atoms in total. The van der Waals surface area contributed by atoms with E-state index in [4.69, 9.17) is 4.74 Å². The highest BCUT2D eigenvalue weighted by atomic mass is 16.6. The first-order valence-electron chi connectivity index (χ1n) is 7.63. The van der Waals surface area contributed by atoms with E-state index in [1.165, 1.54) is 27.8 Å². The number of hydrogen-bond donors (Lipinski definition) is 1. The van der Waals surface area contributed by atoms with E-state index in [0.717, 1.165) is 19.3 Å². The summed E-state index contributed by atoms with van der Waals surface area (Å²) in [6.45, 7) is 2.57. The lowest BCUT2D eigenvalue weighted by molar-refractivity contribution is 0.170. The fourth-order valence-electron chi connectivity index (χ4n) is 3.55. The van der Waals surface area contributed by atoms with Gasteiger partial charge in [-0.1, -0.05) is 18.2 Å². The Morgan fingerprint density at radius 3 is 2.95 bits per heavy atom. The third kappa shape index (κ3) is 2.15. The molecule has 1 aromatic heterocycles. The van der Waals surface area contributed by atoms with Crippen molar-refractivity contribution in [3.8, 4) is 11.1 Å². The molecule has 1 aliphatic carbocycles. The Balaban J connectivity index is 1.67. The summed E-state index contributed by atoms with van der Waals surface area (Å²) >= 11 is 0. The van der Waals surface area contributed by atoms with Crippen molar-refractivity contribution in [3.05, 3.63) is 53.3 Å². The molecule has 1 aromatic carbocycles. The van der Waals surface area contributed by atoms with E-state index in [1.54, 1.807) is 0 Å². The first kappa shape index (κ1) is 13.3. The van der Waals surface area contributed by atoms with Crippen LogP contribution < -0.4 is 5.32 Å². The molecule has 1 unspecified atom stereocenters. The van der Waals surface area contributed by atoms with Crippen LogP contribution in [0.15, 0.2) is 36.7 Å². The molecular weight excluding hydrogens is 276 g/mol. The molecule has 1 spiro atoms. The number of rotatable bonds is 1. The summed E-state index contributed by atoms with van der Waals surface area (Å²) in [5.41, 5.74) is 6.15. The van der Waals surface area contributed by atoms with Gasteiger partial charge in [0.25, 0.3) is 0 Å². The average molecular weight is 294 g/mol. The van der Waals surface area contributed by atoms with Crippen LogP contribution in [0.4, 0.5) is 4.79 Å². The highest BCUT2D eigenvalue weighted by Gasteiger charge is 2.41. The van der Waals surface area contributed by atoms with E-state index in [9.17, 15) is 4.79 Å². The molecule has 22 heavy (non-hydrogen) atoms. The van der Waals surface area contributed by atoms with Crippen LogP contribution in [0.2, 0.25) is 0 Å². The number of cyclic esters (lactones) is 1. The van der Waals surface area contributed by atoms with E-state index in [0.29, 0.717) is 6.61 Å². The molecule has 2 heterocycles. The van der Waals surface area contributed by atoms with E-state index in [1.807, 2.05) is 12.4 Å². The number of amides is 1. The zero-order chi connectivity index (χ0) is 15.2. The second-order valence-corrected chi connectivity index (χ2v) is 6.33. The van der Waals surface area contributed by atoms with Crippen molar-refractivity contribution in [2.75, 3.05) is 6.61 Å². The van der Waals surface area contributed by atoms with Gasteiger partial charge in [0.2, 0.25) is 0 Å². The molecule has 1 N–H and O–H groups in total. The smallest absolute Gasteiger partial charge is 0.407 e. The van der Waals surface area contributed by atoms with E-state index in [-0.39, 0.29) is 11.6 Å². The molecule has 0 saturated carbocycles. The van der Waals surface area contributed by atoms with Crippen LogP contribution in [0.25, 0.3) is 11.1 Å². The van der Waals surface area contributed by atoms with Gasteiger partial charge in [-0.3, -0.25) is 4.98 Å². The molecule has 1 saturated heterocycles. The topological polar surface area (TPSA) is 51.2 Å². The van der Waals surface area contributed by atoms with Gasteiger partial charge in [0.05, 0.1) is 5.54 Å². The van der Waals surface area contributed by atoms with E-state index < -0.39 is 0 Å². The predicted octanol–water partition coefficient (Wildman–Crippen LogP) is 3.02. The number of carbonyl (C=O) groups is 1. The lowest BCUT2D eigenvalue weighted by Gasteiger charge is -2.32. The molecule has 1 atom stereocenters. The molecule has 0 bridgehead atoms. The zero-order valence-corrected chi connectivity index (χ0v) is 12.6. The normalized spacial score (nSPS) is 23.0. The predicted molar refractivity (Wildman–Crippen MR) is 83.6 cm³/mol. The van der Waals surface area contributed by atoms with Gasteiger partial charge in [-0.05, 0) is 60.1 Å². The Kier molecular flexibility index (Phi) is 2.93. The monoisotopic (exact) mass is 294 g/mol. The number of fused-ring (bicyclic) bond motifs is 1. The standard InChI is InChI=1S/C18H18N2O2/c1-12-10-19-7-5-16(12)14-2-3-15-9-18(6-4-13(15)8-14)11-22-17(21)20-18/h2-3,5,7-8,10H,4,6,9,11H2,1H3,(H,20,21). The average Bonchev–Trinajstić information content (AvgIpc) is 2.88. The van der Waals surface area contributed by atoms with E-state index in [2.05, 4.69) is 41.5 Å². The number of carbonyl (C=O) groups excluding carboxylic acids is 1. The molecule has 1 aliphatic heterocycles. The largest absolute Gasteiger partial charge is 0.447 e. The van der Waals surface area contributed by atoms with Crippen LogP contribution in [0.5, 0.6) is 0 Å². The van der Waals surface area contributed by atoms with Crippen LogP contribution in [0.1, 0.15) is 23.1 Å². The number of nitrogens with one attached hydrogen (secondary N) is 1. The van der Waals surface area contributed by atoms with Crippen molar-refractivity contribution in [2.24, 2.45) is 0 Å². The number of hydrogen-bond acceptors (Lipinski definition) is 3. The van der Waals surface area contributed by atoms with Gasteiger partial charge in [0, 0.05) is 12.4 Å². The van der Waals surface area contributed by atoms with Crippen molar-refractivity contribution in [2.45, 2.75) is 31.7 Å². The van der Waals surface area contributed by atoms with Gasteiger partial charge in [-0.2, -0.15) is 0 Å². The van der Waals surface area contributed by atoms with Crippen molar-refractivity contribution < 1.29 is 9.53 Å². The number of aromatic nitrogens is 1. The highest BCUT2D eigenvalue weighted by Crippen LogP contribution is 2.34. The summed E-state index contributed by atoms with van der Waals surface area (Å²) in [5.74, 6) is 0. The first-order chi connectivity index (χ1) is 10.7. The number of pyridine rings is 1. The lowest BCUT2D eigenvalue weighted by Crippen LogP contribution is -2.48. The van der Waals surface area contributed by atoms with Gasteiger partial charge in [0.15, 0.2) is 0 Å². The fraction of sp³-hybridized carbons (Fsp3) is 0.333. The third-order valence-corrected chi connectivity index (χ3v) is 4.79. The van der Waals surface area contributed by atoms with Crippen LogP contribution in [-0.2, 0) is 17.6 Å². The molecular formula is C18H18N2O2. The maximum atomic E-state index is 11.4. The molecule has 112 valence electrons. The summed E-state index contributed by atoms with van der Waals surface area (Å²) in [6, 6.07) is 8.70. The summed E-state index contributed by atoms with van der Waals surface area (Å²) in [5, 5.41) is 3.00. The summed E-state index contributed by atoms with van der Waals surface area (Å²) < 4.78 is 5.11. The van der Waals surface area contributed by atoms with Gasteiger partial charge < -0.3 is 10.1 Å². The second-order valence-electron chi connectivity index (χ2n) is 6.33. The molecule has 4 heteroatoms. The zero-order valence-electron chi connectivity index (χ0n) is 12.6.